The van der Waals surface area contributed by atoms with E-state index in [1.807, 2.05) is 0 Å². The molecule has 1 aliphatic heterocycles. The molecule has 0 saturated carbocycles. The van der Waals surface area contributed by atoms with E-state index in [4.69, 9.17) is 4.98 Å². The molecule has 0 amide bonds. The van der Waals surface area contributed by atoms with Gasteiger partial charge in [0.05, 0.1) is 5.56 Å². The van der Waals surface area contributed by atoms with Gasteiger partial charge in [0.15, 0.2) is 0 Å². The molecule has 2 unspecified atom stereocenters. The minimum atomic E-state index is -0.870. The molecule has 4 heteroatoms. The van der Waals surface area contributed by atoms with E-state index in [1.165, 1.54) is 6.42 Å². The molecule has 1 aromatic heterocycles. The number of nitrogens with zero attached hydrogens (tertiary/aromatic N) is 2. The third-order valence-electron chi connectivity index (χ3n) is 4.14. The molecule has 20 heavy (non-hydrogen) atoms. The number of aryl methyl sites for hydroxylation is 1. The molecule has 4 nitrogen and oxygen atoms in total. The highest BCUT2D eigenvalue weighted by molar-refractivity contribution is 5.88. The van der Waals surface area contributed by atoms with Crippen LogP contribution in [0.25, 0.3) is 0 Å². The summed E-state index contributed by atoms with van der Waals surface area (Å²) in [5, 5.41) is 9.29. The van der Waals surface area contributed by atoms with Crippen LogP contribution in [0, 0.1) is 0 Å². The average molecular weight is 276 g/mol. The number of pyridine rings is 1. The molecule has 0 aromatic carbocycles. The highest BCUT2D eigenvalue weighted by Gasteiger charge is 2.30. The van der Waals surface area contributed by atoms with Gasteiger partial charge in [-0.1, -0.05) is 20.3 Å². The van der Waals surface area contributed by atoms with Crippen molar-refractivity contribution in [1.82, 2.24) is 4.98 Å². The lowest BCUT2D eigenvalue weighted by Crippen LogP contribution is -2.35. The largest absolute Gasteiger partial charge is 0.478 e. The van der Waals surface area contributed by atoms with Gasteiger partial charge in [-0.2, -0.15) is 0 Å². The van der Waals surface area contributed by atoms with Crippen molar-refractivity contribution < 1.29 is 9.90 Å². The van der Waals surface area contributed by atoms with Crippen molar-refractivity contribution in [2.45, 2.75) is 65.0 Å². The minimum Gasteiger partial charge on any atom is -0.478 e. The van der Waals surface area contributed by atoms with E-state index in [0.29, 0.717) is 17.6 Å². The van der Waals surface area contributed by atoms with Gasteiger partial charge in [-0.25, -0.2) is 9.78 Å². The first-order valence-electron chi connectivity index (χ1n) is 7.59. The van der Waals surface area contributed by atoms with Crippen molar-refractivity contribution >= 4 is 11.8 Å². The molecule has 2 rings (SSSR count). The number of carboxylic acid groups (broad SMARTS) is 1. The zero-order valence-electron chi connectivity index (χ0n) is 12.6. The van der Waals surface area contributed by atoms with Crippen LogP contribution in [0.2, 0.25) is 0 Å². The molecule has 1 fully saturated rings. The van der Waals surface area contributed by atoms with Crippen LogP contribution in [0.15, 0.2) is 12.1 Å². The Bertz CT molecular complexity index is 487. The Morgan fingerprint density at radius 1 is 1.40 bits per heavy atom. The number of rotatable bonds is 5. The number of carboxylic acids is 1. The first-order valence-corrected chi connectivity index (χ1v) is 7.59. The van der Waals surface area contributed by atoms with Crippen molar-refractivity contribution in [2.75, 3.05) is 4.90 Å². The first-order chi connectivity index (χ1) is 9.56. The number of aromatic carboxylic acids is 1. The number of carbonyl (C=O) groups is 1. The van der Waals surface area contributed by atoms with Crippen molar-refractivity contribution in [3.63, 3.8) is 0 Å². The summed E-state index contributed by atoms with van der Waals surface area (Å²) in [6, 6.07) is 4.35. The highest BCUT2D eigenvalue weighted by Crippen LogP contribution is 2.31. The van der Waals surface area contributed by atoms with E-state index in [2.05, 4.69) is 25.7 Å². The molecule has 2 heterocycles. The first kappa shape index (κ1) is 14.8. The van der Waals surface area contributed by atoms with Crippen LogP contribution in [-0.4, -0.2) is 28.1 Å². The third kappa shape index (κ3) is 2.94. The molecule has 0 radical (unpaired) electrons. The van der Waals surface area contributed by atoms with Crippen LogP contribution in [0.4, 0.5) is 5.82 Å². The monoisotopic (exact) mass is 276 g/mol. The third-order valence-corrected chi connectivity index (χ3v) is 4.14. The molecule has 110 valence electrons. The van der Waals surface area contributed by atoms with Gasteiger partial charge in [0, 0.05) is 17.8 Å². The Labute approximate surface area is 120 Å². The summed E-state index contributed by atoms with van der Waals surface area (Å²) < 4.78 is 0. The van der Waals surface area contributed by atoms with E-state index < -0.39 is 5.97 Å². The fourth-order valence-electron chi connectivity index (χ4n) is 3.10. The lowest BCUT2D eigenvalue weighted by molar-refractivity contribution is 0.0696. The number of hydrogen-bond donors (Lipinski definition) is 1. The summed E-state index contributed by atoms with van der Waals surface area (Å²) in [7, 11) is 0. The predicted octanol–water partition coefficient (Wildman–Crippen LogP) is 3.50. The van der Waals surface area contributed by atoms with Gasteiger partial charge in [-0.05, 0) is 44.7 Å². The smallest absolute Gasteiger partial charge is 0.335 e. The molecule has 1 aromatic rings. The maximum absolute atomic E-state index is 11.3. The molecule has 1 N–H and O–H groups in total. The summed E-state index contributed by atoms with van der Waals surface area (Å²) in [5.74, 6) is -0.0314. The predicted molar refractivity (Wildman–Crippen MR) is 80.4 cm³/mol. The lowest BCUT2D eigenvalue weighted by Gasteiger charge is -2.29. The van der Waals surface area contributed by atoms with Crippen molar-refractivity contribution in [3.05, 3.63) is 23.4 Å². The van der Waals surface area contributed by atoms with Gasteiger partial charge >= 0.3 is 5.97 Å². The van der Waals surface area contributed by atoms with E-state index in [0.717, 1.165) is 37.2 Å². The number of aromatic nitrogens is 1. The fraction of sp³-hybridized carbons (Fsp3) is 0.625. The van der Waals surface area contributed by atoms with Crippen molar-refractivity contribution in [3.8, 4) is 0 Å². The van der Waals surface area contributed by atoms with Crippen LogP contribution in [0.3, 0.4) is 0 Å². The van der Waals surface area contributed by atoms with Gasteiger partial charge in [0.25, 0.3) is 0 Å². The molecule has 0 spiro atoms. The second-order valence-corrected chi connectivity index (χ2v) is 5.66. The molecule has 0 aliphatic carbocycles. The Balaban J connectivity index is 2.41. The molecule has 1 saturated heterocycles. The summed E-state index contributed by atoms with van der Waals surface area (Å²) in [4.78, 5) is 18.3. The van der Waals surface area contributed by atoms with Crippen LogP contribution in [-0.2, 0) is 6.42 Å². The zero-order valence-corrected chi connectivity index (χ0v) is 12.6. The van der Waals surface area contributed by atoms with E-state index in [1.54, 1.807) is 12.1 Å². The minimum absolute atomic E-state index is 0.354. The standard InChI is InChI=1S/C16H24N2O2/c1-4-6-13-9-12(16(19)20)10-15(17-13)18-11(3)7-8-14(18)5-2/h9-11,14H,4-8H2,1-3H3,(H,19,20). The van der Waals surface area contributed by atoms with Crippen LogP contribution >= 0.6 is 0 Å². The van der Waals surface area contributed by atoms with Crippen molar-refractivity contribution in [1.29, 1.82) is 0 Å². The number of hydrogen-bond acceptors (Lipinski definition) is 3. The quantitative estimate of drug-likeness (QED) is 0.894. The summed E-state index contributed by atoms with van der Waals surface area (Å²) in [6.07, 6.45) is 5.20. The molecular weight excluding hydrogens is 252 g/mol. The molecule has 1 aliphatic rings. The van der Waals surface area contributed by atoms with Crippen LogP contribution in [0.1, 0.15) is 62.5 Å². The second kappa shape index (κ2) is 6.25. The normalized spacial score (nSPS) is 22.2. The maximum atomic E-state index is 11.3. The topological polar surface area (TPSA) is 53.4 Å². The highest BCUT2D eigenvalue weighted by atomic mass is 16.4. The number of anilines is 1. The van der Waals surface area contributed by atoms with Gasteiger partial charge in [-0.15, -0.1) is 0 Å². The summed E-state index contributed by atoms with van der Waals surface area (Å²) in [6.45, 7) is 6.47. The van der Waals surface area contributed by atoms with E-state index in [9.17, 15) is 9.90 Å². The van der Waals surface area contributed by atoms with Crippen LogP contribution in [0.5, 0.6) is 0 Å². The molecule has 0 bridgehead atoms. The Morgan fingerprint density at radius 2 is 2.15 bits per heavy atom. The fourth-order valence-corrected chi connectivity index (χ4v) is 3.10. The lowest BCUT2D eigenvalue weighted by atomic mass is 10.1. The van der Waals surface area contributed by atoms with Gasteiger partial charge < -0.3 is 10.0 Å². The van der Waals surface area contributed by atoms with Crippen LogP contribution < -0.4 is 4.90 Å². The maximum Gasteiger partial charge on any atom is 0.335 e. The van der Waals surface area contributed by atoms with Crippen molar-refractivity contribution in [2.24, 2.45) is 0 Å². The van der Waals surface area contributed by atoms with Gasteiger partial charge in [0.1, 0.15) is 5.82 Å². The van der Waals surface area contributed by atoms with E-state index in [-0.39, 0.29) is 0 Å². The Hall–Kier alpha value is -1.58. The zero-order chi connectivity index (χ0) is 14.7. The molecular formula is C16H24N2O2. The van der Waals surface area contributed by atoms with Gasteiger partial charge in [0.2, 0.25) is 0 Å². The summed E-state index contributed by atoms with van der Waals surface area (Å²) in [5.41, 5.74) is 1.24. The Morgan fingerprint density at radius 3 is 2.75 bits per heavy atom. The summed E-state index contributed by atoms with van der Waals surface area (Å²) >= 11 is 0. The Kier molecular flexibility index (Phi) is 4.63. The van der Waals surface area contributed by atoms with Gasteiger partial charge in [-0.3, -0.25) is 0 Å². The second-order valence-electron chi connectivity index (χ2n) is 5.66. The van der Waals surface area contributed by atoms with E-state index >= 15 is 0 Å². The molecule has 2 atom stereocenters. The average Bonchev–Trinajstić information content (AvgIpc) is 2.79. The SMILES string of the molecule is CCCc1cc(C(=O)O)cc(N2C(C)CCC2CC)n1.